The van der Waals surface area contributed by atoms with Crippen LogP contribution < -0.4 is 4.89 Å². The second-order valence-corrected chi connectivity index (χ2v) is 21.3. The first-order valence-corrected chi connectivity index (χ1v) is 29.5. The molecule has 0 heterocycles. The van der Waals surface area contributed by atoms with E-state index in [0.29, 0.717) is 17.4 Å². The second kappa shape index (κ2) is 49.7. The third-order valence-electron chi connectivity index (χ3n) is 12.0. The molecule has 0 aliphatic carbocycles. The van der Waals surface area contributed by atoms with E-state index in [0.717, 1.165) is 77.0 Å². The number of ether oxygens (including phenoxy) is 2. The summed E-state index contributed by atoms with van der Waals surface area (Å²) in [4.78, 5) is 37.8. The fourth-order valence-corrected chi connectivity index (χ4v) is 8.43. The van der Waals surface area contributed by atoms with Crippen molar-refractivity contribution >= 4 is 19.8 Å². The summed E-state index contributed by atoms with van der Waals surface area (Å²) in [6.45, 7) is 4.13. The summed E-state index contributed by atoms with van der Waals surface area (Å²) < 4.78 is 34.1. The van der Waals surface area contributed by atoms with E-state index < -0.39 is 26.5 Å². The lowest BCUT2D eigenvalue weighted by Crippen LogP contribution is -2.37. The van der Waals surface area contributed by atoms with E-state index in [2.05, 4.69) is 74.6 Å². The number of hydrogen-bond donors (Lipinski definition) is 0. The van der Waals surface area contributed by atoms with Crippen LogP contribution in [0, 0.1) is 0 Å². The lowest BCUT2D eigenvalue weighted by molar-refractivity contribution is -0.870. The molecule has 0 aromatic heterocycles. The minimum atomic E-state index is -4.64. The molecule has 0 saturated carbocycles. The van der Waals surface area contributed by atoms with E-state index in [1.807, 2.05) is 21.1 Å². The SMILES string of the molecule is CC/C=C\C/C=C\C/C=C\C/C=C\CCCCCCCCCCCCCCCCC(=O)OC(COC(=O)CCCCCCCCC/C=C\CCCCCCCC)COP(=O)([O-])OCC[N+](C)(C)C. The third kappa shape index (κ3) is 53.1. The molecule has 9 nitrogen and oxygen atoms in total. The predicted molar refractivity (Wildman–Crippen MR) is 287 cm³/mol. The highest BCUT2D eigenvalue weighted by atomic mass is 31.2. The Morgan fingerprint density at radius 1 is 0.471 bits per heavy atom. The van der Waals surface area contributed by atoms with Gasteiger partial charge >= 0.3 is 11.9 Å². The van der Waals surface area contributed by atoms with Gasteiger partial charge < -0.3 is 27.9 Å². The Kier molecular flexibility index (Phi) is 48.0. The van der Waals surface area contributed by atoms with Gasteiger partial charge in [-0.15, -0.1) is 0 Å². The molecule has 0 aliphatic rings. The molecule has 2 atom stereocenters. The number of esters is 2. The van der Waals surface area contributed by atoms with Crippen LogP contribution in [0.3, 0.4) is 0 Å². The predicted octanol–water partition coefficient (Wildman–Crippen LogP) is 16.5. The summed E-state index contributed by atoms with van der Waals surface area (Å²) in [5.74, 6) is -0.834. The second-order valence-electron chi connectivity index (χ2n) is 19.9. The van der Waals surface area contributed by atoms with Crippen molar-refractivity contribution < 1.29 is 42.1 Å². The maximum Gasteiger partial charge on any atom is 0.306 e. The maximum atomic E-state index is 12.8. The number of nitrogens with zero attached hydrogens (tertiary/aromatic N) is 1. The van der Waals surface area contributed by atoms with Crippen LogP contribution in [0.5, 0.6) is 0 Å². The quantitative estimate of drug-likeness (QED) is 0.0195. The van der Waals surface area contributed by atoms with Crippen LogP contribution >= 0.6 is 7.82 Å². The molecule has 0 aromatic carbocycles. The van der Waals surface area contributed by atoms with Crippen LogP contribution in [-0.4, -0.2) is 70.0 Å². The summed E-state index contributed by atoms with van der Waals surface area (Å²) in [5.41, 5.74) is 0. The summed E-state index contributed by atoms with van der Waals surface area (Å²) in [7, 11) is 1.16. The van der Waals surface area contributed by atoms with Crippen LogP contribution in [-0.2, 0) is 32.7 Å². The van der Waals surface area contributed by atoms with E-state index in [1.165, 1.54) is 135 Å². The minimum absolute atomic E-state index is 0.0323. The molecule has 0 bridgehead atoms. The van der Waals surface area contributed by atoms with Crippen LogP contribution in [0.2, 0.25) is 0 Å². The van der Waals surface area contributed by atoms with Crippen LogP contribution in [0.1, 0.15) is 245 Å². The highest BCUT2D eigenvalue weighted by Gasteiger charge is 2.21. The number of carbonyl (C=O) groups is 2. The average Bonchev–Trinajstić information content (AvgIpc) is 3.30. The molecule has 68 heavy (non-hydrogen) atoms. The number of hydrogen-bond acceptors (Lipinski definition) is 8. The zero-order valence-corrected chi connectivity index (χ0v) is 45.7. The Bertz CT molecular complexity index is 1340. The molecule has 2 unspecified atom stereocenters. The Hall–Kier alpha value is -2.29. The Morgan fingerprint density at radius 3 is 1.26 bits per heavy atom. The lowest BCUT2D eigenvalue weighted by Gasteiger charge is -2.28. The molecular formula is C58H106NO8P. The fourth-order valence-electron chi connectivity index (χ4n) is 7.70. The van der Waals surface area contributed by atoms with Gasteiger partial charge in [0.2, 0.25) is 0 Å². The number of rotatable bonds is 51. The smallest absolute Gasteiger partial charge is 0.306 e. The van der Waals surface area contributed by atoms with Gasteiger partial charge in [-0.2, -0.15) is 0 Å². The monoisotopic (exact) mass is 976 g/mol. The Balaban J connectivity index is 4.16. The largest absolute Gasteiger partial charge is 0.756 e. The third-order valence-corrected chi connectivity index (χ3v) is 13.0. The molecule has 0 aliphatic heterocycles. The Labute approximate surface area is 419 Å². The number of carbonyl (C=O) groups excluding carboxylic acids is 2. The molecule has 0 N–H and O–H groups in total. The van der Waals surface area contributed by atoms with Crippen molar-refractivity contribution in [2.75, 3.05) is 47.5 Å². The van der Waals surface area contributed by atoms with E-state index in [4.69, 9.17) is 18.5 Å². The summed E-state index contributed by atoms with van der Waals surface area (Å²) in [5, 5.41) is 0. The van der Waals surface area contributed by atoms with Crippen molar-refractivity contribution in [3.63, 3.8) is 0 Å². The number of unbranched alkanes of at least 4 members (excludes halogenated alkanes) is 27. The number of likely N-dealkylation sites (N-methyl/N-ethyl adjacent to an activating group) is 1. The van der Waals surface area contributed by atoms with Gasteiger partial charge in [-0.05, 0) is 77.0 Å². The van der Waals surface area contributed by atoms with Gasteiger partial charge in [0.05, 0.1) is 27.7 Å². The lowest BCUT2D eigenvalue weighted by atomic mass is 10.0. The molecule has 396 valence electrons. The molecule has 0 aromatic rings. The zero-order chi connectivity index (χ0) is 49.9. The average molecular weight is 976 g/mol. The topological polar surface area (TPSA) is 111 Å². The van der Waals surface area contributed by atoms with Gasteiger partial charge in [0, 0.05) is 12.8 Å². The van der Waals surface area contributed by atoms with Gasteiger partial charge in [-0.3, -0.25) is 14.2 Å². The number of quaternary nitrogens is 1. The van der Waals surface area contributed by atoms with Crippen molar-refractivity contribution in [2.45, 2.75) is 251 Å². The van der Waals surface area contributed by atoms with E-state index in [-0.39, 0.29) is 32.0 Å². The van der Waals surface area contributed by atoms with Crippen molar-refractivity contribution in [3.8, 4) is 0 Å². The Morgan fingerprint density at radius 2 is 0.838 bits per heavy atom. The summed E-state index contributed by atoms with van der Waals surface area (Å²) >= 11 is 0. The van der Waals surface area contributed by atoms with E-state index in [1.54, 1.807) is 0 Å². The number of phosphoric ester groups is 1. The van der Waals surface area contributed by atoms with Crippen molar-refractivity contribution in [1.29, 1.82) is 0 Å². The van der Waals surface area contributed by atoms with Crippen LogP contribution in [0.4, 0.5) is 0 Å². The van der Waals surface area contributed by atoms with Gasteiger partial charge in [0.1, 0.15) is 19.8 Å². The maximum absolute atomic E-state index is 12.8. The highest BCUT2D eigenvalue weighted by Crippen LogP contribution is 2.38. The molecule has 0 saturated heterocycles. The van der Waals surface area contributed by atoms with Crippen molar-refractivity contribution in [1.82, 2.24) is 0 Å². The number of phosphoric acid groups is 1. The first-order valence-electron chi connectivity index (χ1n) is 28.0. The molecule has 10 heteroatoms. The molecule has 0 fully saturated rings. The first-order chi connectivity index (χ1) is 33.0. The number of allylic oxidation sites excluding steroid dienone is 10. The van der Waals surface area contributed by atoms with Gasteiger partial charge in [0.15, 0.2) is 6.10 Å². The van der Waals surface area contributed by atoms with Crippen molar-refractivity contribution in [2.24, 2.45) is 0 Å². The highest BCUT2D eigenvalue weighted by molar-refractivity contribution is 7.45. The molecular weight excluding hydrogens is 870 g/mol. The van der Waals surface area contributed by atoms with Crippen LogP contribution in [0.15, 0.2) is 60.8 Å². The van der Waals surface area contributed by atoms with Gasteiger partial charge in [-0.25, -0.2) is 0 Å². The molecule has 0 radical (unpaired) electrons. The standard InChI is InChI=1S/C58H106NO8P/c1-6-8-10-12-14-16-18-20-22-24-25-26-27-28-29-30-31-32-33-35-37-39-41-43-45-47-49-51-58(61)67-56(55-66-68(62,63)65-53-52-59(3,4)5)54-64-57(60)50-48-46-44-42-40-38-36-34-23-21-19-17-15-13-11-9-7-2/h8,10,14,16,20-23,25-26,56H,6-7,9,11-13,15,17-19,24,27-55H2,1-5H3/b10-8-,16-14-,22-20-,23-21-,26-25-. The molecule has 0 rings (SSSR count). The zero-order valence-electron chi connectivity index (χ0n) is 44.8. The van der Waals surface area contributed by atoms with Crippen molar-refractivity contribution in [3.05, 3.63) is 60.8 Å². The normalized spacial score (nSPS) is 13.8. The van der Waals surface area contributed by atoms with Gasteiger partial charge in [-0.1, -0.05) is 216 Å². The minimum Gasteiger partial charge on any atom is -0.756 e. The van der Waals surface area contributed by atoms with Crippen LogP contribution in [0.25, 0.3) is 0 Å². The van der Waals surface area contributed by atoms with E-state index in [9.17, 15) is 19.0 Å². The molecule has 0 amide bonds. The summed E-state index contributed by atoms with van der Waals surface area (Å²) in [6.07, 6.45) is 62.6. The van der Waals surface area contributed by atoms with Gasteiger partial charge in [0.25, 0.3) is 7.82 Å². The van der Waals surface area contributed by atoms with E-state index >= 15 is 0 Å². The fraction of sp³-hybridized carbons (Fsp3) is 0.793. The summed E-state index contributed by atoms with van der Waals surface area (Å²) in [6, 6.07) is 0. The molecule has 0 spiro atoms. The first kappa shape index (κ1) is 65.7.